The number of benzene rings is 3. The number of hydrogen-bond acceptors (Lipinski definition) is 6. The van der Waals surface area contributed by atoms with Crippen LogP contribution in [0.15, 0.2) is 89.9 Å². The minimum absolute atomic E-state index is 0.0370. The minimum atomic E-state index is -0.901. The van der Waals surface area contributed by atoms with Crippen molar-refractivity contribution in [2.45, 2.75) is 18.2 Å². The number of nitro groups is 1. The van der Waals surface area contributed by atoms with Crippen LogP contribution in [0.4, 0.5) is 5.69 Å². The van der Waals surface area contributed by atoms with Gasteiger partial charge in [-0.3, -0.25) is 10.1 Å². The van der Waals surface area contributed by atoms with Crippen molar-refractivity contribution in [3.63, 3.8) is 0 Å². The van der Waals surface area contributed by atoms with Crippen LogP contribution < -0.4 is 0 Å². The highest BCUT2D eigenvalue weighted by Crippen LogP contribution is 2.32. The summed E-state index contributed by atoms with van der Waals surface area (Å²) >= 11 is 0. The molecular formula is C23H18N2O5. The Morgan fingerprint density at radius 3 is 2.03 bits per heavy atom. The second-order valence-electron chi connectivity index (χ2n) is 6.74. The fourth-order valence-corrected chi connectivity index (χ4v) is 3.32. The van der Waals surface area contributed by atoms with Crippen molar-refractivity contribution in [3.05, 3.63) is 112 Å². The fraction of sp³-hybridized carbons (Fsp3) is 0.130. The predicted molar refractivity (Wildman–Crippen MR) is 110 cm³/mol. The zero-order chi connectivity index (χ0) is 20.9. The molecule has 0 unspecified atom stereocenters. The molecule has 0 amide bonds. The lowest BCUT2D eigenvalue weighted by molar-refractivity contribution is -0.384. The van der Waals surface area contributed by atoms with Gasteiger partial charge in [0.15, 0.2) is 24.7 Å². The van der Waals surface area contributed by atoms with E-state index in [-0.39, 0.29) is 5.69 Å². The SMILES string of the molecule is O=C(OC(c1ccccc1)c1ccccc1)[C@H]1N=CO[C@@H]1c1ccc([N+](=O)[O-])cc1. The first kappa shape index (κ1) is 19.3. The van der Waals surface area contributed by atoms with E-state index in [4.69, 9.17) is 9.47 Å². The van der Waals surface area contributed by atoms with E-state index in [1.807, 2.05) is 60.7 Å². The van der Waals surface area contributed by atoms with Crippen molar-refractivity contribution in [2.75, 3.05) is 0 Å². The van der Waals surface area contributed by atoms with Crippen molar-refractivity contribution >= 4 is 18.1 Å². The standard InChI is InChI=1S/C23H18N2O5/c26-23(20-22(29-15-24-20)18-11-13-19(14-12-18)25(27)28)30-21(16-7-3-1-4-8-16)17-9-5-2-6-10-17/h1-15,20-22H/t20-,22+/m0/s1. The molecule has 1 aliphatic heterocycles. The molecule has 0 N–H and O–H groups in total. The van der Waals surface area contributed by atoms with E-state index in [0.717, 1.165) is 11.1 Å². The van der Waals surface area contributed by atoms with Gasteiger partial charge in [0.05, 0.1) is 4.92 Å². The Morgan fingerprint density at radius 2 is 1.50 bits per heavy atom. The molecule has 1 aliphatic rings. The molecule has 4 rings (SSSR count). The summed E-state index contributed by atoms with van der Waals surface area (Å²) in [7, 11) is 0. The number of carbonyl (C=O) groups excluding carboxylic acids is 1. The van der Waals surface area contributed by atoms with Gasteiger partial charge in [-0.05, 0) is 28.8 Å². The Hall–Kier alpha value is -4.00. The molecule has 0 radical (unpaired) electrons. The van der Waals surface area contributed by atoms with Crippen LogP contribution in [0.25, 0.3) is 0 Å². The van der Waals surface area contributed by atoms with Gasteiger partial charge >= 0.3 is 5.97 Å². The average Bonchev–Trinajstić information content (AvgIpc) is 3.29. The van der Waals surface area contributed by atoms with Crippen molar-refractivity contribution in [3.8, 4) is 0 Å². The molecular weight excluding hydrogens is 384 g/mol. The first-order valence-corrected chi connectivity index (χ1v) is 9.35. The van der Waals surface area contributed by atoms with Crippen LogP contribution in [-0.4, -0.2) is 23.3 Å². The van der Waals surface area contributed by atoms with Crippen molar-refractivity contribution < 1.29 is 19.2 Å². The summed E-state index contributed by atoms with van der Waals surface area (Å²) in [5, 5.41) is 10.9. The summed E-state index contributed by atoms with van der Waals surface area (Å²) in [4.78, 5) is 27.6. The smallest absolute Gasteiger partial charge is 0.336 e. The van der Waals surface area contributed by atoms with Crippen molar-refractivity contribution in [2.24, 2.45) is 4.99 Å². The molecule has 0 saturated heterocycles. The van der Waals surface area contributed by atoms with Crippen LogP contribution in [0.5, 0.6) is 0 Å². The topological polar surface area (TPSA) is 91.0 Å². The molecule has 1 heterocycles. The second-order valence-corrected chi connectivity index (χ2v) is 6.74. The van der Waals surface area contributed by atoms with Crippen LogP contribution in [0, 0.1) is 10.1 Å². The molecule has 30 heavy (non-hydrogen) atoms. The highest BCUT2D eigenvalue weighted by Gasteiger charge is 2.37. The molecule has 0 bridgehead atoms. The van der Waals surface area contributed by atoms with Gasteiger partial charge in [0, 0.05) is 12.1 Å². The largest absolute Gasteiger partial charge is 0.473 e. The number of aliphatic imine (C=N–C) groups is 1. The Bertz CT molecular complexity index is 1010. The second kappa shape index (κ2) is 8.57. The van der Waals surface area contributed by atoms with E-state index in [2.05, 4.69) is 4.99 Å². The Balaban J connectivity index is 1.57. The first-order valence-electron chi connectivity index (χ1n) is 9.35. The third-order valence-corrected chi connectivity index (χ3v) is 4.83. The maximum atomic E-state index is 13.0. The number of esters is 1. The van der Waals surface area contributed by atoms with E-state index >= 15 is 0 Å². The highest BCUT2D eigenvalue weighted by molar-refractivity contribution is 5.80. The van der Waals surface area contributed by atoms with Gasteiger partial charge in [-0.25, -0.2) is 9.79 Å². The molecule has 0 aromatic heterocycles. The molecule has 150 valence electrons. The van der Waals surface area contributed by atoms with Crippen LogP contribution >= 0.6 is 0 Å². The number of non-ortho nitro benzene ring substituents is 1. The van der Waals surface area contributed by atoms with Crippen LogP contribution in [0.3, 0.4) is 0 Å². The third-order valence-electron chi connectivity index (χ3n) is 4.83. The summed E-state index contributed by atoms with van der Waals surface area (Å²) in [5.74, 6) is -0.537. The lowest BCUT2D eigenvalue weighted by atomic mass is 10.0. The summed E-state index contributed by atoms with van der Waals surface area (Å²) in [6, 6.07) is 23.9. The van der Waals surface area contributed by atoms with Gasteiger partial charge < -0.3 is 9.47 Å². The number of rotatable bonds is 6. The number of nitro benzene ring substituents is 1. The van der Waals surface area contributed by atoms with E-state index in [0.29, 0.717) is 5.56 Å². The summed E-state index contributed by atoms with van der Waals surface area (Å²) in [5.41, 5.74) is 2.25. The molecule has 0 fully saturated rings. The summed E-state index contributed by atoms with van der Waals surface area (Å²) in [6.07, 6.45) is -0.0726. The Kier molecular flexibility index (Phi) is 5.52. The molecule has 3 aromatic carbocycles. The Labute approximate surface area is 172 Å². The lowest BCUT2D eigenvalue weighted by Gasteiger charge is -2.22. The molecule has 3 aromatic rings. The molecule has 0 aliphatic carbocycles. The van der Waals surface area contributed by atoms with Crippen molar-refractivity contribution in [1.82, 2.24) is 0 Å². The van der Waals surface area contributed by atoms with Crippen LogP contribution in [0.1, 0.15) is 28.9 Å². The quantitative estimate of drug-likeness (QED) is 0.346. The van der Waals surface area contributed by atoms with E-state index < -0.39 is 29.1 Å². The van der Waals surface area contributed by atoms with Gasteiger partial charge in [-0.2, -0.15) is 0 Å². The molecule has 0 saturated carbocycles. The maximum Gasteiger partial charge on any atom is 0.336 e. The van der Waals surface area contributed by atoms with Crippen molar-refractivity contribution in [1.29, 1.82) is 0 Å². The number of carbonyl (C=O) groups is 1. The molecule has 7 nitrogen and oxygen atoms in total. The summed E-state index contributed by atoms with van der Waals surface area (Å²) < 4.78 is 11.4. The fourth-order valence-electron chi connectivity index (χ4n) is 3.32. The van der Waals surface area contributed by atoms with Gasteiger partial charge in [0.2, 0.25) is 0 Å². The average molecular weight is 402 g/mol. The van der Waals surface area contributed by atoms with Gasteiger partial charge in [-0.1, -0.05) is 60.7 Å². The molecule has 7 heteroatoms. The minimum Gasteiger partial charge on any atom is -0.473 e. The van der Waals surface area contributed by atoms with Gasteiger partial charge in [0.1, 0.15) is 0 Å². The highest BCUT2D eigenvalue weighted by atomic mass is 16.6. The van der Waals surface area contributed by atoms with Gasteiger partial charge in [0.25, 0.3) is 5.69 Å². The van der Waals surface area contributed by atoms with E-state index in [1.54, 1.807) is 12.1 Å². The first-order chi connectivity index (χ1) is 14.6. The molecule has 0 spiro atoms. The predicted octanol–water partition coefficient (Wildman–Crippen LogP) is 4.40. The lowest BCUT2D eigenvalue weighted by Crippen LogP contribution is -2.28. The monoisotopic (exact) mass is 402 g/mol. The van der Waals surface area contributed by atoms with Crippen LogP contribution in [0.2, 0.25) is 0 Å². The van der Waals surface area contributed by atoms with Crippen LogP contribution in [-0.2, 0) is 14.3 Å². The Morgan fingerprint density at radius 1 is 0.933 bits per heavy atom. The number of hydrogen-bond donors (Lipinski definition) is 0. The van der Waals surface area contributed by atoms with E-state index in [1.165, 1.54) is 18.5 Å². The summed E-state index contributed by atoms with van der Waals surface area (Å²) in [6.45, 7) is 0. The number of nitrogens with zero attached hydrogens (tertiary/aromatic N) is 2. The van der Waals surface area contributed by atoms with Gasteiger partial charge in [-0.15, -0.1) is 0 Å². The third kappa shape index (κ3) is 4.05. The molecule has 2 atom stereocenters. The zero-order valence-electron chi connectivity index (χ0n) is 15.8. The zero-order valence-corrected chi connectivity index (χ0v) is 15.8. The maximum absolute atomic E-state index is 13.0. The number of ether oxygens (including phenoxy) is 2. The van der Waals surface area contributed by atoms with E-state index in [9.17, 15) is 14.9 Å². The normalized spacial score (nSPS) is 17.5.